The number of hydrogen-bond acceptors (Lipinski definition) is 4. The van der Waals surface area contributed by atoms with Crippen molar-refractivity contribution in [2.45, 2.75) is 149 Å². The molecule has 0 aromatic carbocycles. The molecule has 32 heavy (non-hydrogen) atoms. The van der Waals surface area contributed by atoms with E-state index in [0.29, 0.717) is 19.6 Å². The maximum Gasteiger partial charge on any atom is 0.306 e. The van der Waals surface area contributed by atoms with Gasteiger partial charge in [0.25, 0.3) is 0 Å². The first-order chi connectivity index (χ1) is 15.0. The number of carbonyl (C=O) groups excluding carboxylic acids is 1. The average molecular weight is 489 g/mol. The van der Waals surface area contributed by atoms with Gasteiger partial charge in [-0.25, -0.2) is 0 Å². The lowest BCUT2D eigenvalue weighted by molar-refractivity contribution is -0.152. The Kier molecular flexibility index (Phi) is 19.1. The summed E-state index contributed by atoms with van der Waals surface area (Å²) in [6.07, 6.45) is 18.7. The lowest BCUT2D eigenvalue weighted by atomic mass is 10.0. The predicted molar refractivity (Wildman–Crippen MR) is 143 cm³/mol. The zero-order valence-corrected chi connectivity index (χ0v) is 24.7. The van der Waals surface area contributed by atoms with Crippen molar-refractivity contribution in [2.75, 3.05) is 13.2 Å². The second-order valence-electron chi connectivity index (χ2n) is 11.3. The van der Waals surface area contributed by atoms with Crippen LogP contribution in [0.4, 0.5) is 0 Å². The van der Waals surface area contributed by atoms with Gasteiger partial charge in [-0.3, -0.25) is 4.79 Å². The van der Waals surface area contributed by atoms with Crippen LogP contribution < -0.4 is 0 Å². The van der Waals surface area contributed by atoms with E-state index in [1.165, 1.54) is 77.0 Å². The minimum Gasteiger partial charge on any atom is -0.458 e. The first-order valence-corrected chi connectivity index (χ1v) is 20.3. The largest absolute Gasteiger partial charge is 0.458 e. The van der Waals surface area contributed by atoms with E-state index in [0.717, 1.165) is 12.8 Å². The summed E-state index contributed by atoms with van der Waals surface area (Å²) >= 11 is 0. The monoisotopic (exact) mass is 488 g/mol. The molecular formula is C26H56O4Si2. The SMILES string of the molecule is CCCCCCCCCCCCCCCCC(=O)OC(CO[Si](C)(C)C)CO[Si](C)(C)C. The van der Waals surface area contributed by atoms with Crippen LogP contribution in [0.1, 0.15) is 103 Å². The minimum atomic E-state index is -1.64. The van der Waals surface area contributed by atoms with Gasteiger partial charge in [-0.2, -0.15) is 0 Å². The van der Waals surface area contributed by atoms with Crippen LogP contribution in [0.3, 0.4) is 0 Å². The Hall–Kier alpha value is -0.176. The average Bonchev–Trinajstić information content (AvgIpc) is 2.69. The molecule has 0 aliphatic rings. The fourth-order valence-electron chi connectivity index (χ4n) is 3.51. The second-order valence-corrected chi connectivity index (χ2v) is 20.3. The highest BCUT2D eigenvalue weighted by Crippen LogP contribution is 2.14. The van der Waals surface area contributed by atoms with Gasteiger partial charge in [0.1, 0.15) is 6.10 Å². The molecule has 4 nitrogen and oxygen atoms in total. The summed E-state index contributed by atoms with van der Waals surface area (Å²) in [5.41, 5.74) is 0. The maximum absolute atomic E-state index is 12.3. The van der Waals surface area contributed by atoms with Crippen molar-refractivity contribution < 1.29 is 18.4 Å². The highest BCUT2D eigenvalue weighted by Gasteiger charge is 2.23. The number of unbranched alkanes of at least 4 members (excludes halogenated alkanes) is 13. The topological polar surface area (TPSA) is 44.8 Å². The molecule has 0 saturated carbocycles. The molecule has 0 N–H and O–H groups in total. The van der Waals surface area contributed by atoms with Crippen molar-refractivity contribution >= 4 is 22.6 Å². The van der Waals surface area contributed by atoms with Crippen molar-refractivity contribution in [1.82, 2.24) is 0 Å². The van der Waals surface area contributed by atoms with Crippen LogP contribution in [0.5, 0.6) is 0 Å². The molecule has 0 unspecified atom stereocenters. The molecule has 0 amide bonds. The Morgan fingerprint density at radius 1 is 0.594 bits per heavy atom. The third-order valence-electron chi connectivity index (χ3n) is 5.44. The molecule has 0 bridgehead atoms. The first-order valence-electron chi connectivity index (χ1n) is 13.5. The first kappa shape index (κ1) is 31.8. The Morgan fingerprint density at radius 3 is 1.28 bits per heavy atom. The van der Waals surface area contributed by atoms with Gasteiger partial charge in [-0.15, -0.1) is 0 Å². The Balaban J connectivity index is 3.78. The van der Waals surface area contributed by atoms with Gasteiger partial charge in [-0.1, -0.05) is 90.4 Å². The summed E-state index contributed by atoms with van der Waals surface area (Å²) < 4.78 is 17.7. The van der Waals surface area contributed by atoms with E-state index in [4.69, 9.17) is 13.6 Å². The van der Waals surface area contributed by atoms with Gasteiger partial charge in [-0.05, 0) is 45.7 Å². The zero-order valence-electron chi connectivity index (χ0n) is 22.7. The van der Waals surface area contributed by atoms with Crippen molar-refractivity contribution in [3.8, 4) is 0 Å². The van der Waals surface area contributed by atoms with Crippen LogP contribution in [0.2, 0.25) is 39.3 Å². The van der Waals surface area contributed by atoms with Crippen LogP contribution in [-0.2, 0) is 18.4 Å². The maximum atomic E-state index is 12.3. The quantitative estimate of drug-likeness (QED) is 0.0870. The van der Waals surface area contributed by atoms with Crippen LogP contribution in [-0.4, -0.2) is 41.9 Å². The van der Waals surface area contributed by atoms with Crippen molar-refractivity contribution in [3.63, 3.8) is 0 Å². The van der Waals surface area contributed by atoms with Gasteiger partial charge >= 0.3 is 5.97 Å². The molecule has 0 aromatic rings. The van der Waals surface area contributed by atoms with Crippen molar-refractivity contribution in [3.05, 3.63) is 0 Å². The fourth-order valence-corrected chi connectivity index (χ4v) is 4.88. The van der Waals surface area contributed by atoms with Crippen LogP contribution in [0, 0.1) is 0 Å². The molecule has 192 valence electrons. The van der Waals surface area contributed by atoms with Gasteiger partial charge in [0, 0.05) is 6.42 Å². The number of carbonyl (C=O) groups is 1. The predicted octanol–water partition coefficient (Wildman–Crippen LogP) is 8.47. The van der Waals surface area contributed by atoms with Gasteiger partial charge < -0.3 is 13.6 Å². The third-order valence-corrected chi connectivity index (χ3v) is 7.50. The summed E-state index contributed by atoms with van der Waals surface area (Å²) in [5, 5.41) is 0. The Labute approximate surface area is 202 Å². The summed E-state index contributed by atoms with van der Waals surface area (Å²) in [4.78, 5) is 12.3. The van der Waals surface area contributed by atoms with Crippen LogP contribution in [0.15, 0.2) is 0 Å². The van der Waals surface area contributed by atoms with Gasteiger partial charge in [0.15, 0.2) is 16.6 Å². The van der Waals surface area contributed by atoms with Crippen molar-refractivity contribution in [1.29, 1.82) is 0 Å². The Morgan fingerprint density at radius 2 is 0.938 bits per heavy atom. The van der Waals surface area contributed by atoms with Crippen LogP contribution >= 0.6 is 0 Å². The van der Waals surface area contributed by atoms with Gasteiger partial charge in [0.2, 0.25) is 0 Å². The lowest BCUT2D eigenvalue weighted by Gasteiger charge is -2.26. The molecule has 0 spiro atoms. The molecule has 0 aliphatic carbocycles. The van der Waals surface area contributed by atoms with E-state index in [9.17, 15) is 4.79 Å². The lowest BCUT2D eigenvalue weighted by Crippen LogP contribution is -2.38. The summed E-state index contributed by atoms with van der Waals surface area (Å²) in [6.45, 7) is 16.1. The third kappa shape index (κ3) is 24.5. The molecule has 0 atom stereocenters. The normalized spacial score (nSPS) is 12.5. The summed E-state index contributed by atoms with van der Waals surface area (Å²) in [6, 6.07) is 0. The molecule has 0 fully saturated rings. The molecule has 6 heteroatoms. The molecule has 0 radical (unpaired) electrons. The van der Waals surface area contributed by atoms with Crippen molar-refractivity contribution in [2.24, 2.45) is 0 Å². The molecular weight excluding hydrogens is 432 g/mol. The molecule has 0 aromatic heterocycles. The molecule has 0 rings (SSSR count). The fraction of sp³-hybridized carbons (Fsp3) is 0.962. The summed E-state index contributed by atoms with van der Waals surface area (Å²) in [5.74, 6) is -0.104. The van der Waals surface area contributed by atoms with E-state index < -0.39 is 16.6 Å². The molecule has 0 saturated heterocycles. The Bertz CT molecular complexity index is 426. The van der Waals surface area contributed by atoms with E-state index in [1.807, 2.05) is 0 Å². The highest BCUT2D eigenvalue weighted by atomic mass is 28.4. The van der Waals surface area contributed by atoms with E-state index in [-0.39, 0.29) is 12.1 Å². The number of ether oxygens (including phenoxy) is 1. The van der Waals surface area contributed by atoms with E-state index in [2.05, 4.69) is 46.2 Å². The second kappa shape index (κ2) is 19.2. The molecule has 0 aliphatic heterocycles. The molecule has 0 heterocycles. The smallest absolute Gasteiger partial charge is 0.306 e. The number of rotatable bonds is 22. The van der Waals surface area contributed by atoms with E-state index >= 15 is 0 Å². The minimum absolute atomic E-state index is 0.104. The van der Waals surface area contributed by atoms with Crippen LogP contribution in [0.25, 0.3) is 0 Å². The standard InChI is InChI=1S/C26H56O4Si2/c1-8-9-10-11-12-13-14-15-16-17-18-19-20-21-22-26(27)30-25(23-28-31(2,3)4)24-29-32(5,6)7/h25H,8-24H2,1-7H3. The number of hydrogen-bond donors (Lipinski definition) is 0. The number of esters is 1. The zero-order chi connectivity index (χ0) is 24.3. The van der Waals surface area contributed by atoms with E-state index in [1.54, 1.807) is 0 Å². The highest BCUT2D eigenvalue weighted by molar-refractivity contribution is 6.70. The van der Waals surface area contributed by atoms with Gasteiger partial charge in [0.05, 0.1) is 13.2 Å². The summed E-state index contributed by atoms with van der Waals surface area (Å²) in [7, 11) is -3.29.